The van der Waals surface area contributed by atoms with E-state index in [1.54, 1.807) is 6.33 Å². The predicted octanol–water partition coefficient (Wildman–Crippen LogP) is 8.09. The van der Waals surface area contributed by atoms with Gasteiger partial charge in [-0.25, -0.2) is 4.98 Å². The zero-order chi connectivity index (χ0) is 32.3. The van der Waals surface area contributed by atoms with Gasteiger partial charge in [-0.2, -0.15) is 9.97 Å². The summed E-state index contributed by atoms with van der Waals surface area (Å²) in [7, 11) is -4.08. The van der Waals surface area contributed by atoms with Gasteiger partial charge in [-0.1, -0.05) is 78.0 Å². The van der Waals surface area contributed by atoms with Crippen LogP contribution in [0.1, 0.15) is 66.2 Å². The number of aromatic nitrogens is 4. The molecule has 0 spiro atoms. The van der Waals surface area contributed by atoms with Crippen LogP contribution in [0, 0.1) is 0 Å². The first-order valence-corrected chi connectivity index (χ1v) is 21.6. The summed E-state index contributed by atoms with van der Waals surface area (Å²) in [6.07, 6.45) is 4.48. The summed E-state index contributed by atoms with van der Waals surface area (Å²) in [6.45, 7) is 28.1. The first-order valence-electron chi connectivity index (χ1n) is 15.8. The first-order chi connectivity index (χ1) is 20.5. The van der Waals surface area contributed by atoms with Gasteiger partial charge in [-0.15, -0.1) is 6.58 Å². The Hall–Kier alpha value is -2.58. The molecule has 1 fully saturated rings. The molecule has 1 N–H and O–H groups in total. The number of hydrogen-bond acceptors (Lipinski definition) is 8. The number of rotatable bonds is 13. The topological polar surface area (TPSA) is 92.6 Å². The van der Waals surface area contributed by atoms with Crippen LogP contribution in [0.5, 0.6) is 5.88 Å². The van der Waals surface area contributed by atoms with Crippen molar-refractivity contribution in [2.75, 3.05) is 18.5 Å². The van der Waals surface area contributed by atoms with Crippen LogP contribution in [0.3, 0.4) is 0 Å². The van der Waals surface area contributed by atoms with Gasteiger partial charge in [-0.3, -0.25) is 4.57 Å². The van der Waals surface area contributed by atoms with E-state index >= 15 is 0 Å². The molecule has 1 aliphatic rings. The molecule has 0 bridgehead atoms. The highest BCUT2D eigenvalue weighted by molar-refractivity contribution is 6.74. The van der Waals surface area contributed by atoms with Gasteiger partial charge in [-0.05, 0) is 48.2 Å². The molecule has 11 heteroatoms. The molecule has 0 aliphatic carbocycles. The Balaban J connectivity index is 1.66. The van der Waals surface area contributed by atoms with Gasteiger partial charge in [0, 0.05) is 13.0 Å². The van der Waals surface area contributed by atoms with Gasteiger partial charge in [0.15, 0.2) is 27.8 Å². The zero-order valence-electron chi connectivity index (χ0n) is 28.4. The highest BCUT2D eigenvalue weighted by Gasteiger charge is 2.47. The molecular formula is C33H53N5O4Si2. The van der Waals surface area contributed by atoms with Crippen LogP contribution in [0.15, 0.2) is 49.3 Å². The molecule has 1 aromatic carbocycles. The summed E-state index contributed by atoms with van der Waals surface area (Å²) in [6, 6.07) is 10.0. The van der Waals surface area contributed by atoms with E-state index in [4.69, 9.17) is 28.3 Å². The Bertz CT molecular complexity index is 1400. The molecule has 242 valence electrons. The fraction of sp³-hybridized carbons (Fsp3) is 0.606. The summed E-state index contributed by atoms with van der Waals surface area (Å²) >= 11 is 0. The van der Waals surface area contributed by atoms with Crippen molar-refractivity contribution in [3.05, 3.63) is 54.9 Å². The van der Waals surface area contributed by atoms with Gasteiger partial charge < -0.3 is 23.6 Å². The summed E-state index contributed by atoms with van der Waals surface area (Å²) in [5.74, 6) is 0.914. The van der Waals surface area contributed by atoms with E-state index in [1.807, 2.05) is 41.0 Å². The van der Waals surface area contributed by atoms with Crippen molar-refractivity contribution in [1.29, 1.82) is 0 Å². The summed E-state index contributed by atoms with van der Waals surface area (Å²) in [4.78, 5) is 14.3. The second kappa shape index (κ2) is 13.4. The fourth-order valence-electron chi connectivity index (χ4n) is 4.50. The van der Waals surface area contributed by atoms with Gasteiger partial charge in [0.25, 0.3) is 0 Å². The summed E-state index contributed by atoms with van der Waals surface area (Å²) < 4.78 is 28.7. The monoisotopic (exact) mass is 639 g/mol. The minimum atomic E-state index is -2.08. The summed E-state index contributed by atoms with van der Waals surface area (Å²) in [5, 5.41) is 3.48. The van der Waals surface area contributed by atoms with Crippen molar-refractivity contribution in [1.82, 2.24) is 19.5 Å². The Morgan fingerprint density at radius 2 is 1.70 bits per heavy atom. The maximum atomic E-state index is 7.00. The Morgan fingerprint density at radius 1 is 1.02 bits per heavy atom. The molecule has 44 heavy (non-hydrogen) atoms. The number of imidazole rings is 1. The molecule has 1 unspecified atom stereocenters. The minimum absolute atomic E-state index is 0.0713. The molecule has 1 saturated heterocycles. The number of nitrogens with zero attached hydrogens (tertiary/aromatic N) is 4. The lowest BCUT2D eigenvalue weighted by atomic mass is 10.2. The van der Waals surface area contributed by atoms with Crippen LogP contribution in [-0.2, 0) is 20.2 Å². The standard InChI is InChI=1S/C33H53N5O4Si2/c1-12-13-19-34-31-36-29-28(30(37-31)39-21-24-17-15-14-16-18-24)35-23-38(29)27-20-25(42-44(10,11)33(5,6)7)26(41-27)22-40-43(8,9)32(2,3)4/h12,14-18,23,25-27H,1,13,19-22H2,2-11H3,(H,34,36,37)/t25-,26+,27?/m0/s1. The molecule has 0 saturated carbocycles. The number of anilines is 1. The number of ether oxygens (including phenoxy) is 2. The molecule has 3 atom stereocenters. The Labute approximate surface area is 266 Å². The molecule has 1 aliphatic heterocycles. The third-order valence-corrected chi connectivity index (χ3v) is 18.4. The second-order valence-corrected chi connectivity index (χ2v) is 24.4. The third kappa shape index (κ3) is 7.98. The van der Waals surface area contributed by atoms with Gasteiger partial charge in [0.1, 0.15) is 18.9 Å². The van der Waals surface area contributed by atoms with Crippen LogP contribution >= 0.6 is 0 Å². The smallest absolute Gasteiger partial charge is 0.247 e. The average Bonchev–Trinajstić information content (AvgIpc) is 3.53. The lowest BCUT2D eigenvalue weighted by Gasteiger charge is -2.40. The Kier molecular flexibility index (Phi) is 10.5. The second-order valence-electron chi connectivity index (χ2n) is 14.8. The lowest BCUT2D eigenvalue weighted by Crippen LogP contribution is -2.48. The van der Waals surface area contributed by atoms with Crippen molar-refractivity contribution < 1.29 is 18.3 Å². The Morgan fingerprint density at radius 3 is 2.34 bits per heavy atom. The van der Waals surface area contributed by atoms with E-state index in [0.29, 0.717) is 49.2 Å². The quantitative estimate of drug-likeness (QED) is 0.114. The van der Waals surface area contributed by atoms with E-state index in [0.717, 1.165) is 12.0 Å². The number of benzene rings is 1. The average molecular weight is 640 g/mol. The lowest BCUT2D eigenvalue weighted by molar-refractivity contribution is -0.0383. The van der Waals surface area contributed by atoms with E-state index in [1.165, 1.54) is 0 Å². The van der Waals surface area contributed by atoms with E-state index in [9.17, 15) is 0 Å². The minimum Gasteiger partial charge on any atom is -0.471 e. The van der Waals surface area contributed by atoms with Crippen LogP contribution in [0.4, 0.5) is 5.95 Å². The molecular weight excluding hydrogens is 587 g/mol. The largest absolute Gasteiger partial charge is 0.471 e. The number of hydrogen-bond donors (Lipinski definition) is 1. The van der Waals surface area contributed by atoms with E-state index < -0.39 is 16.6 Å². The highest BCUT2D eigenvalue weighted by atomic mass is 28.4. The van der Waals surface area contributed by atoms with Gasteiger partial charge >= 0.3 is 0 Å². The maximum Gasteiger partial charge on any atom is 0.247 e. The third-order valence-electron chi connectivity index (χ3n) is 9.40. The fourth-order valence-corrected chi connectivity index (χ4v) is 6.87. The molecule has 0 amide bonds. The van der Waals surface area contributed by atoms with E-state index in [-0.39, 0.29) is 28.5 Å². The highest BCUT2D eigenvalue weighted by Crippen LogP contribution is 2.43. The zero-order valence-corrected chi connectivity index (χ0v) is 30.4. The van der Waals surface area contributed by atoms with Crippen molar-refractivity contribution in [2.24, 2.45) is 0 Å². The van der Waals surface area contributed by atoms with Crippen molar-refractivity contribution in [2.45, 2.75) is 116 Å². The predicted molar refractivity (Wildman–Crippen MR) is 183 cm³/mol. The van der Waals surface area contributed by atoms with Crippen LogP contribution in [0.25, 0.3) is 11.2 Å². The number of nitrogens with one attached hydrogen (secondary N) is 1. The van der Waals surface area contributed by atoms with E-state index in [2.05, 4.69) is 84.6 Å². The molecule has 2 aromatic heterocycles. The van der Waals surface area contributed by atoms with Crippen molar-refractivity contribution >= 4 is 33.7 Å². The first kappa shape index (κ1) is 34.3. The maximum absolute atomic E-state index is 7.00. The van der Waals surface area contributed by atoms with Crippen molar-refractivity contribution in [3.8, 4) is 5.88 Å². The van der Waals surface area contributed by atoms with Gasteiger partial charge in [0.05, 0.1) is 19.0 Å². The van der Waals surface area contributed by atoms with Gasteiger partial charge in [0.2, 0.25) is 11.8 Å². The van der Waals surface area contributed by atoms with Crippen LogP contribution < -0.4 is 10.1 Å². The molecule has 3 heterocycles. The molecule has 0 radical (unpaired) electrons. The molecule has 3 aromatic rings. The van der Waals surface area contributed by atoms with Crippen molar-refractivity contribution in [3.63, 3.8) is 0 Å². The molecule has 9 nitrogen and oxygen atoms in total. The molecule has 4 rings (SSSR count). The number of fused-ring (bicyclic) bond motifs is 1. The van der Waals surface area contributed by atoms with Crippen LogP contribution in [-0.4, -0.2) is 61.5 Å². The summed E-state index contributed by atoms with van der Waals surface area (Å²) in [5.41, 5.74) is 2.31. The SMILES string of the molecule is C=CCCNc1nc(OCc2ccccc2)c2ncn(C3C[C@H](O[Si](C)(C)C(C)(C)C)[C@@H](CO[Si](C)(C)C(C)(C)C)O3)c2n1. The normalized spacial score (nSPS) is 19.8. The van der Waals surface area contributed by atoms with Crippen LogP contribution in [0.2, 0.25) is 36.3 Å².